The van der Waals surface area contributed by atoms with Gasteiger partial charge in [-0.05, 0) is 36.0 Å². The molecule has 2 N–H and O–H groups in total. The Morgan fingerprint density at radius 2 is 2.02 bits per heavy atom. The van der Waals surface area contributed by atoms with Crippen molar-refractivity contribution in [1.29, 1.82) is 0 Å². The summed E-state index contributed by atoms with van der Waals surface area (Å²) in [6.07, 6.45) is 2.61. The first-order chi connectivity index (χ1) is 21.8. The number of fused-ring (bicyclic) bond motifs is 1. The van der Waals surface area contributed by atoms with E-state index < -0.39 is 25.4 Å². The second-order valence-electron chi connectivity index (χ2n) is 10.3. The smallest absolute Gasteiger partial charge is 0.387 e. The summed E-state index contributed by atoms with van der Waals surface area (Å²) in [4.78, 5) is 21.4. The van der Waals surface area contributed by atoms with E-state index in [9.17, 15) is 22.4 Å². The second-order valence-corrected chi connectivity index (χ2v) is 10.3. The number of benzene rings is 1. The Hall–Kier alpha value is -4.97. The first-order valence-corrected chi connectivity index (χ1v) is 14.0. The number of carbonyl (C=O) groups is 1. The van der Waals surface area contributed by atoms with Crippen LogP contribution in [0.2, 0.25) is 0 Å². The minimum absolute atomic E-state index is 0.00566. The predicted molar refractivity (Wildman–Crippen MR) is 151 cm³/mol. The van der Waals surface area contributed by atoms with Crippen molar-refractivity contribution < 1.29 is 27.1 Å². The van der Waals surface area contributed by atoms with Crippen LogP contribution in [0.15, 0.2) is 49.1 Å². The number of hydrogen-bond donors (Lipinski definition) is 2. The van der Waals surface area contributed by atoms with Crippen LogP contribution in [0.25, 0.3) is 16.9 Å². The number of halogens is 4. The normalized spacial score (nSPS) is 14.0. The van der Waals surface area contributed by atoms with Crippen LogP contribution in [0.5, 0.6) is 5.75 Å². The van der Waals surface area contributed by atoms with Crippen molar-refractivity contribution in [3.8, 4) is 17.0 Å². The Balaban J connectivity index is 1.32. The van der Waals surface area contributed by atoms with Crippen LogP contribution in [0, 0.1) is 0 Å². The number of amides is 1. The number of likely N-dealkylation sites (tertiary alicyclic amines) is 1. The van der Waals surface area contributed by atoms with Crippen molar-refractivity contribution in [2.45, 2.75) is 32.0 Å². The van der Waals surface area contributed by atoms with E-state index in [1.54, 1.807) is 17.1 Å². The Bertz CT molecular complexity index is 1780. The van der Waals surface area contributed by atoms with Gasteiger partial charge >= 0.3 is 6.61 Å². The van der Waals surface area contributed by atoms with E-state index in [0.29, 0.717) is 5.82 Å². The SMILES string of the molecule is CNCCN1CC(n2nnc(Cn3cc(NC(=O)c4cnn5cccnc45)c(-c4cc(CC(F)F)ccc4OC(F)F)n3)n2)C1. The van der Waals surface area contributed by atoms with Crippen LogP contribution in [-0.2, 0) is 13.0 Å². The third-order valence-electron chi connectivity index (χ3n) is 7.15. The molecule has 0 unspecified atom stereocenters. The van der Waals surface area contributed by atoms with Gasteiger partial charge in [-0.2, -0.15) is 23.8 Å². The molecule has 0 aliphatic carbocycles. The lowest BCUT2D eigenvalue weighted by Crippen LogP contribution is -2.50. The topological polar surface area (TPSA) is 145 Å². The molecule has 0 spiro atoms. The summed E-state index contributed by atoms with van der Waals surface area (Å²) in [5.41, 5.74) is 0.660. The number of hydrogen-bond acceptors (Lipinski definition) is 10. The van der Waals surface area contributed by atoms with E-state index in [1.807, 2.05) is 7.05 Å². The van der Waals surface area contributed by atoms with Gasteiger partial charge in [-0.1, -0.05) is 6.07 Å². The van der Waals surface area contributed by atoms with Crippen LogP contribution in [0.4, 0.5) is 23.2 Å². The maximum Gasteiger partial charge on any atom is 0.387 e. The van der Waals surface area contributed by atoms with Crippen molar-refractivity contribution >= 4 is 17.2 Å². The van der Waals surface area contributed by atoms with Gasteiger partial charge in [-0.15, -0.1) is 10.2 Å². The Kier molecular flexibility index (Phi) is 8.65. The molecule has 18 heteroatoms. The number of rotatable bonds is 13. The largest absolute Gasteiger partial charge is 0.434 e. The standard InChI is InChI=1S/C27H28F4N12O2/c1-32-6-8-40-12-17(13-40)43-37-23(36-39-43)15-41-14-20(35-26(44)19-11-34-42-7-2-5-33-25(19)42)24(38-41)18-9-16(10-22(28)29)3-4-21(18)45-27(30)31/h2-5,7,9,11,14,17,22,27,32H,6,8,10,12-13,15H2,1H3,(H,35,44). The number of carbonyl (C=O) groups excluding carboxylic acids is 1. The van der Waals surface area contributed by atoms with Crippen molar-refractivity contribution in [3.63, 3.8) is 0 Å². The zero-order chi connectivity index (χ0) is 31.5. The van der Waals surface area contributed by atoms with E-state index in [0.717, 1.165) is 26.2 Å². The van der Waals surface area contributed by atoms with Gasteiger partial charge < -0.3 is 15.4 Å². The van der Waals surface area contributed by atoms with Gasteiger partial charge in [-0.25, -0.2) is 18.3 Å². The second kappa shape index (κ2) is 12.9. The number of nitrogens with zero attached hydrogens (tertiary/aromatic N) is 10. The van der Waals surface area contributed by atoms with Crippen LogP contribution >= 0.6 is 0 Å². The molecule has 0 bridgehead atoms. The molecule has 1 aromatic carbocycles. The van der Waals surface area contributed by atoms with Gasteiger partial charge in [-0.3, -0.25) is 14.4 Å². The molecule has 1 fully saturated rings. The molecule has 6 rings (SSSR count). The van der Waals surface area contributed by atoms with Gasteiger partial charge in [0, 0.05) is 56.8 Å². The fourth-order valence-corrected chi connectivity index (χ4v) is 5.00. The van der Waals surface area contributed by atoms with Gasteiger partial charge in [0.05, 0.1) is 17.9 Å². The maximum atomic E-state index is 13.4. The molecule has 45 heavy (non-hydrogen) atoms. The van der Waals surface area contributed by atoms with Crippen LogP contribution in [-0.4, -0.2) is 102 Å². The minimum Gasteiger partial charge on any atom is -0.434 e. The molecular weight excluding hydrogens is 600 g/mol. The molecule has 5 heterocycles. The molecule has 1 aliphatic heterocycles. The van der Waals surface area contributed by atoms with Crippen molar-refractivity contribution in [3.05, 3.63) is 66.0 Å². The highest BCUT2D eigenvalue weighted by Gasteiger charge is 2.30. The predicted octanol–water partition coefficient (Wildman–Crippen LogP) is 2.37. The summed E-state index contributed by atoms with van der Waals surface area (Å²) in [6.45, 7) is 0.139. The lowest BCUT2D eigenvalue weighted by Gasteiger charge is -2.37. The molecule has 1 aliphatic rings. The number of likely N-dealkylation sites (N-methyl/N-ethyl adjacent to an activating group) is 1. The molecule has 1 amide bonds. The number of aromatic nitrogens is 9. The molecule has 0 saturated carbocycles. The average molecular weight is 629 g/mol. The first-order valence-electron chi connectivity index (χ1n) is 14.0. The highest BCUT2D eigenvalue weighted by Crippen LogP contribution is 2.36. The van der Waals surface area contributed by atoms with Crippen molar-refractivity contribution in [2.75, 3.05) is 38.5 Å². The number of tetrazole rings is 1. The van der Waals surface area contributed by atoms with Gasteiger partial charge in [0.15, 0.2) is 11.5 Å². The zero-order valence-electron chi connectivity index (χ0n) is 23.9. The fourth-order valence-electron chi connectivity index (χ4n) is 5.00. The maximum absolute atomic E-state index is 13.4. The summed E-state index contributed by atoms with van der Waals surface area (Å²) in [5, 5.41) is 27.2. The third-order valence-corrected chi connectivity index (χ3v) is 7.15. The van der Waals surface area contributed by atoms with Gasteiger partial charge in [0.25, 0.3) is 5.91 Å². The lowest BCUT2D eigenvalue weighted by molar-refractivity contribution is -0.0494. The number of anilines is 1. The summed E-state index contributed by atoms with van der Waals surface area (Å²) < 4.78 is 60.7. The van der Waals surface area contributed by atoms with Crippen LogP contribution < -0.4 is 15.4 Å². The monoisotopic (exact) mass is 628 g/mol. The zero-order valence-corrected chi connectivity index (χ0v) is 23.9. The van der Waals surface area contributed by atoms with E-state index in [4.69, 9.17) is 4.74 Å². The molecule has 4 aromatic heterocycles. The molecule has 236 valence electrons. The number of ether oxygens (including phenoxy) is 1. The quantitative estimate of drug-likeness (QED) is 0.187. The Morgan fingerprint density at radius 3 is 2.80 bits per heavy atom. The summed E-state index contributed by atoms with van der Waals surface area (Å²) >= 11 is 0. The lowest BCUT2D eigenvalue weighted by atomic mass is 10.0. The Morgan fingerprint density at radius 1 is 1.18 bits per heavy atom. The molecule has 1 saturated heterocycles. The number of nitrogens with one attached hydrogen (secondary N) is 2. The molecule has 14 nitrogen and oxygen atoms in total. The van der Waals surface area contributed by atoms with E-state index in [1.165, 1.54) is 46.0 Å². The molecule has 0 radical (unpaired) electrons. The van der Waals surface area contributed by atoms with Crippen molar-refractivity contribution in [2.24, 2.45) is 0 Å². The summed E-state index contributed by atoms with van der Waals surface area (Å²) in [5.74, 6) is -0.599. The van der Waals surface area contributed by atoms with Crippen molar-refractivity contribution in [1.82, 2.24) is 54.8 Å². The third kappa shape index (κ3) is 6.75. The highest BCUT2D eigenvalue weighted by atomic mass is 19.3. The summed E-state index contributed by atoms with van der Waals surface area (Å²) in [6, 6.07) is 5.45. The van der Waals surface area contributed by atoms with Crippen LogP contribution in [0.3, 0.4) is 0 Å². The van der Waals surface area contributed by atoms with Crippen LogP contribution in [0.1, 0.15) is 27.8 Å². The fraction of sp³-hybridized carbons (Fsp3) is 0.370. The van der Waals surface area contributed by atoms with Gasteiger partial charge in [0.1, 0.15) is 23.6 Å². The minimum atomic E-state index is -3.20. The van der Waals surface area contributed by atoms with E-state index in [-0.39, 0.29) is 52.1 Å². The van der Waals surface area contributed by atoms with Gasteiger partial charge in [0.2, 0.25) is 6.43 Å². The Labute approximate surface area is 253 Å². The summed E-state index contributed by atoms with van der Waals surface area (Å²) in [7, 11) is 1.89. The number of alkyl halides is 4. The highest BCUT2D eigenvalue weighted by molar-refractivity contribution is 6.09. The molecule has 5 aromatic rings. The first kappa shape index (κ1) is 30.1. The average Bonchev–Trinajstić information content (AvgIpc) is 3.71. The van der Waals surface area contributed by atoms with E-state index in [2.05, 4.69) is 46.1 Å². The van der Waals surface area contributed by atoms with E-state index >= 15 is 0 Å². The molecular formula is C27H28F4N12O2. The molecule has 0 atom stereocenters.